The van der Waals surface area contributed by atoms with E-state index in [1.807, 2.05) is 60.7 Å². The first-order valence-corrected chi connectivity index (χ1v) is 12.6. The van der Waals surface area contributed by atoms with E-state index in [4.69, 9.17) is 0 Å². The predicted octanol–water partition coefficient (Wildman–Crippen LogP) is 7.98. The van der Waals surface area contributed by atoms with E-state index < -0.39 is 0 Å². The van der Waals surface area contributed by atoms with E-state index in [0.717, 1.165) is 21.5 Å². The second-order valence-corrected chi connectivity index (χ2v) is 9.31. The summed E-state index contributed by atoms with van der Waals surface area (Å²) in [5.74, 6) is -0.0695. The molecule has 0 radical (unpaired) electrons. The van der Waals surface area contributed by atoms with Gasteiger partial charge in [0.1, 0.15) is 34.4 Å². The van der Waals surface area contributed by atoms with Crippen molar-refractivity contribution in [2.24, 2.45) is 9.98 Å². The molecule has 0 fully saturated rings. The molecule has 0 saturated heterocycles. The maximum atomic E-state index is 11.7. The summed E-state index contributed by atoms with van der Waals surface area (Å²) in [6.45, 7) is 0. The van der Waals surface area contributed by atoms with Crippen LogP contribution < -0.4 is 0 Å². The summed E-state index contributed by atoms with van der Waals surface area (Å²) in [5, 5.41) is 46.8. The molecule has 0 spiro atoms. The Balaban J connectivity index is 1.61. The fourth-order valence-corrected chi connectivity index (χ4v) is 4.84. The van der Waals surface area contributed by atoms with Crippen LogP contribution in [0.4, 0.5) is 11.4 Å². The first kappa shape index (κ1) is 24.7. The monoisotopic (exact) mass is 524 g/mol. The Morgan fingerprint density at radius 2 is 0.825 bits per heavy atom. The summed E-state index contributed by atoms with van der Waals surface area (Å²) in [6.07, 6.45) is 3.01. The molecule has 0 saturated carbocycles. The molecular formula is C34H24N2O4. The number of para-hydroxylation sites is 4. The molecule has 6 heteroatoms. The number of fused-ring (bicyclic) bond motifs is 2. The second kappa shape index (κ2) is 10.3. The lowest BCUT2D eigenvalue weighted by atomic mass is 9.89. The van der Waals surface area contributed by atoms with Gasteiger partial charge in [-0.15, -0.1) is 0 Å². The molecule has 0 aliphatic rings. The summed E-state index contributed by atoms with van der Waals surface area (Å²) in [6, 6.07) is 32.3. The van der Waals surface area contributed by atoms with Crippen LogP contribution in [0.15, 0.2) is 119 Å². The van der Waals surface area contributed by atoms with E-state index in [1.54, 1.807) is 48.5 Å². The largest absolute Gasteiger partial charge is 0.507 e. The molecule has 0 atom stereocenters. The normalized spacial score (nSPS) is 11.7. The molecule has 40 heavy (non-hydrogen) atoms. The molecule has 6 nitrogen and oxygen atoms in total. The fraction of sp³-hybridized carbons (Fsp3) is 0. The van der Waals surface area contributed by atoms with Crippen molar-refractivity contribution in [2.45, 2.75) is 0 Å². The third kappa shape index (κ3) is 4.48. The number of rotatable bonds is 5. The molecule has 0 aliphatic heterocycles. The lowest BCUT2D eigenvalue weighted by Gasteiger charge is -2.17. The average molecular weight is 525 g/mol. The van der Waals surface area contributed by atoms with Crippen LogP contribution in [0.3, 0.4) is 0 Å². The average Bonchev–Trinajstić information content (AvgIpc) is 2.97. The number of nitrogens with zero attached hydrogens (tertiary/aromatic N) is 2. The van der Waals surface area contributed by atoms with Gasteiger partial charge in [0.25, 0.3) is 0 Å². The number of benzene rings is 6. The molecule has 6 rings (SSSR count). The zero-order valence-electron chi connectivity index (χ0n) is 21.2. The minimum absolute atomic E-state index is 0.0272. The number of phenols is 4. The molecule has 6 aromatic rings. The standard InChI is InChI=1S/C34H24N2O4/c37-29-15-7-5-13-27(29)35-19-23-17-21-9-1-3-11-25(21)31(33(23)39)32-26-12-4-2-10-22(26)18-24(34(32)40)20-36-28-14-6-8-16-30(28)38/h1-20,37-40H. The lowest BCUT2D eigenvalue weighted by Crippen LogP contribution is -1.94. The molecule has 6 aromatic carbocycles. The first-order chi connectivity index (χ1) is 19.5. The Morgan fingerprint density at radius 1 is 0.450 bits per heavy atom. The van der Waals surface area contributed by atoms with E-state index in [2.05, 4.69) is 9.98 Å². The van der Waals surface area contributed by atoms with Gasteiger partial charge in [0.2, 0.25) is 0 Å². The zero-order valence-corrected chi connectivity index (χ0v) is 21.2. The molecule has 0 aromatic heterocycles. The first-order valence-electron chi connectivity index (χ1n) is 12.6. The van der Waals surface area contributed by atoms with Crippen molar-refractivity contribution >= 4 is 45.3 Å². The van der Waals surface area contributed by atoms with Gasteiger partial charge in [-0.05, 0) is 57.9 Å². The highest BCUT2D eigenvalue weighted by atomic mass is 16.3. The van der Waals surface area contributed by atoms with E-state index in [1.165, 1.54) is 12.4 Å². The number of hydrogen-bond donors (Lipinski definition) is 4. The van der Waals surface area contributed by atoms with Gasteiger partial charge in [0.05, 0.1) is 0 Å². The van der Waals surface area contributed by atoms with Gasteiger partial charge < -0.3 is 20.4 Å². The molecule has 0 heterocycles. The van der Waals surface area contributed by atoms with Gasteiger partial charge in [-0.25, -0.2) is 0 Å². The Morgan fingerprint density at radius 3 is 1.25 bits per heavy atom. The third-order valence-corrected chi connectivity index (χ3v) is 6.80. The van der Waals surface area contributed by atoms with Crippen LogP contribution in [0.1, 0.15) is 11.1 Å². The van der Waals surface area contributed by atoms with Crippen LogP contribution in [0.25, 0.3) is 32.7 Å². The maximum Gasteiger partial charge on any atom is 0.141 e. The maximum absolute atomic E-state index is 11.7. The summed E-state index contributed by atoms with van der Waals surface area (Å²) < 4.78 is 0. The number of aliphatic imine (C=N–C) groups is 2. The molecule has 0 amide bonds. The van der Waals surface area contributed by atoms with E-state index in [9.17, 15) is 20.4 Å². The topological polar surface area (TPSA) is 106 Å². The molecule has 0 aliphatic carbocycles. The Bertz CT molecular complexity index is 1820. The van der Waals surface area contributed by atoms with E-state index >= 15 is 0 Å². The van der Waals surface area contributed by atoms with Crippen molar-refractivity contribution in [3.63, 3.8) is 0 Å². The number of aromatic hydroxyl groups is 4. The SMILES string of the molecule is Oc1ccccc1N=Cc1cc2ccccc2c(-c2c(O)c(C=Nc3ccccc3O)cc3ccccc23)c1O. The number of hydrogen-bond acceptors (Lipinski definition) is 6. The van der Waals surface area contributed by atoms with Crippen LogP contribution in [-0.4, -0.2) is 32.9 Å². The summed E-state index contributed by atoms with van der Waals surface area (Å²) in [5.41, 5.74) is 2.48. The minimum atomic E-state index is -0.0619. The van der Waals surface area contributed by atoms with Crippen molar-refractivity contribution < 1.29 is 20.4 Å². The molecule has 4 N–H and O–H groups in total. The smallest absolute Gasteiger partial charge is 0.141 e. The van der Waals surface area contributed by atoms with Crippen LogP contribution in [-0.2, 0) is 0 Å². The second-order valence-electron chi connectivity index (χ2n) is 9.31. The van der Waals surface area contributed by atoms with Crippen LogP contribution in [0.2, 0.25) is 0 Å². The highest BCUT2D eigenvalue weighted by Gasteiger charge is 2.21. The van der Waals surface area contributed by atoms with Crippen LogP contribution >= 0.6 is 0 Å². The van der Waals surface area contributed by atoms with Gasteiger partial charge in [-0.3, -0.25) is 9.98 Å². The zero-order chi connectivity index (χ0) is 27.6. The Kier molecular flexibility index (Phi) is 6.34. The third-order valence-electron chi connectivity index (χ3n) is 6.80. The molecule has 0 bridgehead atoms. The Hall–Kier alpha value is -5.62. The lowest BCUT2D eigenvalue weighted by molar-refractivity contribution is 0.469. The van der Waals surface area contributed by atoms with Crippen molar-refractivity contribution in [1.29, 1.82) is 0 Å². The Labute approximate surface area is 230 Å². The number of phenolic OH excluding ortho intramolecular Hbond substituents is 4. The van der Waals surface area contributed by atoms with Crippen molar-refractivity contribution in [2.75, 3.05) is 0 Å². The van der Waals surface area contributed by atoms with Gasteiger partial charge in [0.15, 0.2) is 0 Å². The van der Waals surface area contributed by atoms with Gasteiger partial charge in [0, 0.05) is 34.7 Å². The summed E-state index contributed by atoms with van der Waals surface area (Å²) >= 11 is 0. The summed E-state index contributed by atoms with van der Waals surface area (Å²) in [7, 11) is 0. The van der Waals surface area contributed by atoms with Crippen molar-refractivity contribution in [3.05, 3.63) is 120 Å². The molecule has 0 unspecified atom stereocenters. The van der Waals surface area contributed by atoms with E-state index in [0.29, 0.717) is 33.6 Å². The predicted molar refractivity (Wildman–Crippen MR) is 161 cm³/mol. The highest BCUT2D eigenvalue weighted by Crippen LogP contribution is 2.47. The summed E-state index contributed by atoms with van der Waals surface area (Å²) in [4.78, 5) is 8.82. The van der Waals surface area contributed by atoms with Crippen LogP contribution in [0, 0.1) is 0 Å². The fourth-order valence-electron chi connectivity index (χ4n) is 4.84. The minimum Gasteiger partial charge on any atom is -0.507 e. The molecule has 194 valence electrons. The van der Waals surface area contributed by atoms with Gasteiger partial charge >= 0.3 is 0 Å². The van der Waals surface area contributed by atoms with Gasteiger partial charge in [-0.1, -0.05) is 72.8 Å². The quantitative estimate of drug-likeness (QED) is 0.172. The van der Waals surface area contributed by atoms with Crippen molar-refractivity contribution in [1.82, 2.24) is 0 Å². The van der Waals surface area contributed by atoms with Crippen molar-refractivity contribution in [3.8, 4) is 34.1 Å². The van der Waals surface area contributed by atoms with Crippen LogP contribution in [0.5, 0.6) is 23.0 Å². The molecular weight excluding hydrogens is 500 g/mol. The van der Waals surface area contributed by atoms with Gasteiger partial charge in [-0.2, -0.15) is 0 Å². The van der Waals surface area contributed by atoms with E-state index in [-0.39, 0.29) is 23.0 Å². The highest BCUT2D eigenvalue weighted by molar-refractivity contribution is 6.14.